The van der Waals surface area contributed by atoms with Crippen molar-refractivity contribution in [3.05, 3.63) is 412 Å². The second-order valence-electron chi connectivity index (χ2n) is 27.7. The Balaban J connectivity index is 0.588. The standard InChI is InChI=1S/C102H68N4/c1-3-23-87(24-4-1)103(91-49-53-93(54-50-91)105-99-57-41-83(79-37-33-71-15-7-11-19-75(71)61-79)65-95(99)96-66-84(42-58-100(96)105)80-38-34-72-16-8-12-20-76(72)62-80)89-45-29-69(30-46-89)27-28-70-31-47-90(48-32-70)104(88-25-5-2-6-26-88)92-51-55-94(56-52-92)106-101-59-43-85(81-39-35-73-17-9-13-21-77(73)63-81)67-97(101)98-68-86(44-60-102(98)106)82-40-36-74-18-10-14-22-78(74)64-82/h1-68H. The number of hydrogen-bond acceptors (Lipinski definition) is 2. The molecule has 2 heterocycles. The van der Waals surface area contributed by atoms with Gasteiger partial charge in [0.2, 0.25) is 0 Å². The molecule has 0 aliphatic carbocycles. The highest BCUT2D eigenvalue weighted by atomic mass is 15.1. The van der Waals surface area contributed by atoms with Gasteiger partial charge in [0, 0.05) is 67.0 Å². The fourth-order valence-corrected chi connectivity index (χ4v) is 16.0. The highest BCUT2D eigenvalue weighted by Crippen LogP contribution is 2.44. The van der Waals surface area contributed by atoms with Crippen LogP contribution in [0.4, 0.5) is 34.1 Å². The fraction of sp³-hybridized carbons (Fsp3) is 0. The molecule has 0 saturated heterocycles. The fourth-order valence-electron chi connectivity index (χ4n) is 16.0. The van der Waals surface area contributed by atoms with Gasteiger partial charge in [-0.25, -0.2) is 0 Å². The molecule has 0 radical (unpaired) electrons. The molecular formula is C102H68N4. The number of aromatic nitrogens is 2. The molecule has 0 amide bonds. The van der Waals surface area contributed by atoms with E-state index in [4.69, 9.17) is 0 Å². The maximum atomic E-state index is 2.43. The summed E-state index contributed by atoms with van der Waals surface area (Å²) in [6.45, 7) is 0. The number of para-hydroxylation sites is 2. The summed E-state index contributed by atoms with van der Waals surface area (Å²) < 4.78 is 4.86. The Hall–Kier alpha value is -14.1. The Labute approximate surface area is 615 Å². The second-order valence-corrected chi connectivity index (χ2v) is 27.7. The lowest BCUT2D eigenvalue weighted by atomic mass is 9.98. The molecule has 0 aliphatic heterocycles. The van der Waals surface area contributed by atoms with Crippen LogP contribution in [0.25, 0.3) is 155 Å². The summed E-state index contributed by atoms with van der Waals surface area (Å²) in [6, 6.07) is 147. The van der Waals surface area contributed by atoms with E-state index in [9.17, 15) is 0 Å². The molecule has 0 bridgehead atoms. The van der Waals surface area contributed by atoms with Gasteiger partial charge in [0.05, 0.1) is 22.1 Å². The van der Waals surface area contributed by atoms with Gasteiger partial charge in [-0.2, -0.15) is 0 Å². The Bertz CT molecular complexity index is 6100. The van der Waals surface area contributed by atoms with Gasteiger partial charge < -0.3 is 18.9 Å². The average Bonchev–Trinajstić information content (AvgIpc) is 1.59. The third-order valence-corrected chi connectivity index (χ3v) is 21.4. The molecule has 0 atom stereocenters. The highest BCUT2D eigenvalue weighted by Gasteiger charge is 2.21. The van der Waals surface area contributed by atoms with E-state index >= 15 is 0 Å². The summed E-state index contributed by atoms with van der Waals surface area (Å²) >= 11 is 0. The molecule has 4 heteroatoms. The largest absolute Gasteiger partial charge is 0.311 e. The first-order valence-electron chi connectivity index (χ1n) is 36.4. The topological polar surface area (TPSA) is 16.3 Å². The Morgan fingerprint density at radius 2 is 0.387 bits per heavy atom. The number of benzene rings is 18. The van der Waals surface area contributed by atoms with Gasteiger partial charge >= 0.3 is 0 Å². The summed E-state index contributed by atoms with van der Waals surface area (Å²) in [5, 5.41) is 14.8. The molecule has 2 aromatic heterocycles. The van der Waals surface area contributed by atoms with Crippen molar-refractivity contribution in [2.45, 2.75) is 0 Å². The smallest absolute Gasteiger partial charge is 0.0541 e. The molecule has 0 fully saturated rings. The van der Waals surface area contributed by atoms with Gasteiger partial charge in [-0.15, -0.1) is 0 Å². The zero-order valence-electron chi connectivity index (χ0n) is 58.0. The maximum Gasteiger partial charge on any atom is 0.0541 e. The normalized spacial score (nSPS) is 11.7. The quantitative estimate of drug-likeness (QED) is 0.101. The molecule has 20 rings (SSSR count). The summed E-state index contributed by atoms with van der Waals surface area (Å²) in [4.78, 5) is 4.68. The SMILES string of the molecule is C(=Cc1ccc(N(c2ccccc2)c2ccc(-n3c4ccc(-c5ccc6ccccc6c5)cc4c4cc(-c5ccc6ccccc6c5)ccc43)cc2)cc1)c1ccc(N(c2ccccc2)c2ccc(-n3c4ccc(-c5ccc6ccccc6c5)cc4c4cc(-c5ccc6ccccc6c5)ccc43)cc2)cc1. The molecule has 0 spiro atoms. The minimum Gasteiger partial charge on any atom is -0.311 e. The summed E-state index contributed by atoms with van der Waals surface area (Å²) in [5.41, 5.74) is 25.1. The van der Waals surface area contributed by atoms with E-state index in [1.165, 1.54) is 109 Å². The van der Waals surface area contributed by atoms with Gasteiger partial charge in [0.1, 0.15) is 0 Å². The number of anilines is 6. The Morgan fingerprint density at radius 1 is 0.170 bits per heavy atom. The Kier molecular flexibility index (Phi) is 15.2. The van der Waals surface area contributed by atoms with E-state index in [1.54, 1.807) is 0 Å². The number of hydrogen-bond donors (Lipinski definition) is 0. The van der Waals surface area contributed by atoms with E-state index in [2.05, 4.69) is 431 Å². The molecule has 0 N–H and O–H groups in total. The third kappa shape index (κ3) is 11.3. The molecule has 0 aliphatic rings. The highest BCUT2D eigenvalue weighted by molar-refractivity contribution is 6.14. The van der Waals surface area contributed by atoms with E-state index in [1.807, 2.05) is 0 Å². The zero-order valence-corrected chi connectivity index (χ0v) is 58.0. The predicted molar refractivity (Wildman–Crippen MR) is 452 cm³/mol. The first kappa shape index (κ1) is 61.8. The van der Waals surface area contributed by atoms with Crippen LogP contribution in [0.15, 0.2) is 400 Å². The van der Waals surface area contributed by atoms with Crippen molar-refractivity contribution in [1.29, 1.82) is 0 Å². The van der Waals surface area contributed by atoms with Gasteiger partial charge in [0.15, 0.2) is 0 Å². The van der Waals surface area contributed by atoms with Crippen LogP contribution in [0.5, 0.6) is 0 Å². The van der Waals surface area contributed by atoms with Crippen LogP contribution in [0, 0.1) is 0 Å². The van der Waals surface area contributed by atoms with Crippen molar-refractivity contribution in [3.63, 3.8) is 0 Å². The first-order chi connectivity index (χ1) is 52.5. The molecule has 0 saturated carbocycles. The van der Waals surface area contributed by atoms with Crippen LogP contribution in [0.1, 0.15) is 11.1 Å². The van der Waals surface area contributed by atoms with Crippen molar-refractivity contribution in [2.75, 3.05) is 9.80 Å². The van der Waals surface area contributed by atoms with Crippen LogP contribution >= 0.6 is 0 Å². The summed E-state index contributed by atoms with van der Waals surface area (Å²) in [7, 11) is 0. The zero-order chi connectivity index (χ0) is 70.0. The minimum atomic E-state index is 1.07. The van der Waals surface area contributed by atoms with E-state index < -0.39 is 0 Å². The van der Waals surface area contributed by atoms with E-state index in [-0.39, 0.29) is 0 Å². The van der Waals surface area contributed by atoms with Crippen LogP contribution in [0.2, 0.25) is 0 Å². The van der Waals surface area contributed by atoms with Crippen molar-refractivity contribution >= 4 is 133 Å². The first-order valence-corrected chi connectivity index (χ1v) is 36.4. The van der Waals surface area contributed by atoms with E-state index in [0.717, 1.165) is 78.7 Å². The predicted octanol–water partition coefficient (Wildman–Crippen LogP) is 28.3. The maximum absolute atomic E-state index is 2.43. The monoisotopic (exact) mass is 1350 g/mol. The average molecular weight is 1350 g/mol. The molecule has 496 valence electrons. The number of fused-ring (bicyclic) bond motifs is 10. The van der Waals surface area contributed by atoms with Crippen LogP contribution < -0.4 is 9.80 Å². The minimum absolute atomic E-state index is 1.07. The lowest BCUT2D eigenvalue weighted by Crippen LogP contribution is -2.10. The second kappa shape index (κ2) is 26.1. The molecule has 18 aromatic carbocycles. The van der Waals surface area contributed by atoms with Crippen LogP contribution in [0.3, 0.4) is 0 Å². The van der Waals surface area contributed by atoms with Gasteiger partial charge in [-0.1, -0.05) is 243 Å². The molecule has 4 nitrogen and oxygen atoms in total. The van der Waals surface area contributed by atoms with Crippen molar-refractivity contribution in [3.8, 4) is 55.9 Å². The molecule has 20 aromatic rings. The summed E-state index contributed by atoms with van der Waals surface area (Å²) in [6.07, 6.45) is 4.41. The van der Waals surface area contributed by atoms with Crippen LogP contribution in [-0.4, -0.2) is 9.13 Å². The lowest BCUT2D eigenvalue weighted by Gasteiger charge is -2.26. The van der Waals surface area contributed by atoms with Gasteiger partial charge in [-0.05, 0) is 269 Å². The molecule has 106 heavy (non-hydrogen) atoms. The lowest BCUT2D eigenvalue weighted by molar-refractivity contribution is 1.17. The van der Waals surface area contributed by atoms with Crippen molar-refractivity contribution < 1.29 is 0 Å². The van der Waals surface area contributed by atoms with Crippen molar-refractivity contribution in [2.24, 2.45) is 0 Å². The Morgan fingerprint density at radius 3 is 0.660 bits per heavy atom. The van der Waals surface area contributed by atoms with Gasteiger partial charge in [0.25, 0.3) is 0 Å². The summed E-state index contributed by atoms with van der Waals surface area (Å²) in [5.74, 6) is 0. The molecule has 0 unspecified atom stereocenters. The third-order valence-electron chi connectivity index (χ3n) is 21.4. The molecular weight excluding hydrogens is 1280 g/mol. The van der Waals surface area contributed by atoms with Gasteiger partial charge in [-0.3, -0.25) is 0 Å². The number of nitrogens with zero attached hydrogens (tertiary/aromatic N) is 4. The number of rotatable bonds is 14. The van der Waals surface area contributed by atoms with Crippen LogP contribution in [-0.2, 0) is 0 Å². The van der Waals surface area contributed by atoms with E-state index in [0.29, 0.717) is 0 Å². The van der Waals surface area contributed by atoms with Crippen molar-refractivity contribution in [1.82, 2.24) is 9.13 Å².